The summed E-state index contributed by atoms with van der Waals surface area (Å²) in [4.78, 5) is 12.2. The minimum absolute atomic E-state index is 0.194. The van der Waals surface area contributed by atoms with Crippen molar-refractivity contribution in [2.75, 3.05) is 0 Å². The second-order valence-corrected chi connectivity index (χ2v) is 5.68. The van der Waals surface area contributed by atoms with Crippen molar-refractivity contribution in [1.82, 2.24) is 15.5 Å². The van der Waals surface area contributed by atoms with Crippen LogP contribution in [0.3, 0.4) is 0 Å². The number of nitrogens with zero attached hydrogens (tertiary/aromatic N) is 1. The number of carbonyl (C=O) groups is 1. The molecule has 2 heterocycles. The maximum absolute atomic E-state index is 13.2. The van der Waals surface area contributed by atoms with Crippen molar-refractivity contribution in [2.45, 2.75) is 13.0 Å². The normalized spacial score (nSPS) is 16.3. The first-order valence-electron chi connectivity index (χ1n) is 7.35. The summed E-state index contributed by atoms with van der Waals surface area (Å²) in [7, 11) is 0. The second-order valence-electron chi connectivity index (χ2n) is 5.68. The first-order chi connectivity index (χ1) is 11.1. The number of aromatic amines is 1. The van der Waals surface area contributed by atoms with E-state index in [2.05, 4.69) is 15.5 Å². The molecule has 114 valence electrons. The third kappa shape index (κ3) is 2.21. The molecule has 1 aliphatic rings. The molecule has 4 nitrogen and oxygen atoms in total. The van der Waals surface area contributed by atoms with Gasteiger partial charge in [-0.15, -0.1) is 0 Å². The van der Waals surface area contributed by atoms with E-state index in [1.165, 1.54) is 12.1 Å². The molecule has 4 rings (SSSR count). The highest BCUT2D eigenvalue weighted by Crippen LogP contribution is 2.36. The highest BCUT2D eigenvalue weighted by atomic mass is 19.1. The number of aryl methyl sites for hydroxylation is 1. The molecule has 0 fully saturated rings. The van der Waals surface area contributed by atoms with Gasteiger partial charge in [-0.1, -0.05) is 42.0 Å². The molecule has 1 aromatic heterocycles. The monoisotopic (exact) mass is 307 g/mol. The molecule has 0 saturated carbocycles. The molecule has 0 radical (unpaired) electrons. The Morgan fingerprint density at radius 1 is 1.04 bits per heavy atom. The molecule has 1 unspecified atom stereocenters. The lowest BCUT2D eigenvalue weighted by atomic mass is 9.96. The number of hydrogen-bond donors (Lipinski definition) is 2. The molecule has 0 saturated heterocycles. The van der Waals surface area contributed by atoms with E-state index in [9.17, 15) is 9.18 Å². The van der Waals surface area contributed by atoms with E-state index in [0.29, 0.717) is 5.69 Å². The highest BCUT2D eigenvalue weighted by molar-refractivity contribution is 6.00. The van der Waals surface area contributed by atoms with Gasteiger partial charge in [-0.25, -0.2) is 4.39 Å². The van der Waals surface area contributed by atoms with Crippen molar-refractivity contribution < 1.29 is 9.18 Å². The zero-order chi connectivity index (χ0) is 16.0. The molecule has 1 amide bonds. The van der Waals surface area contributed by atoms with Crippen molar-refractivity contribution in [1.29, 1.82) is 0 Å². The predicted molar refractivity (Wildman–Crippen MR) is 84.5 cm³/mol. The molecule has 5 heteroatoms. The van der Waals surface area contributed by atoms with Gasteiger partial charge < -0.3 is 5.32 Å². The van der Waals surface area contributed by atoms with Crippen LogP contribution in [0.5, 0.6) is 0 Å². The number of fused-ring (bicyclic) bond motifs is 1. The summed E-state index contributed by atoms with van der Waals surface area (Å²) in [5, 5.41) is 10.1. The van der Waals surface area contributed by atoms with Crippen molar-refractivity contribution >= 4 is 5.91 Å². The SMILES string of the molecule is Cc1ccc(-c2n[nH]c3c2C(c2ccc(F)cc2)NC3=O)cc1. The third-order valence-electron chi connectivity index (χ3n) is 4.12. The Morgan fingerprint density at radius 3 is 2.43 bits per heavy atom. The minimum Gasteiger partial charge on any atom is -0.340 e. The van der Waals surface area contributed by atoms with Gasteiger partial charge in [0.25, 0.3) is 5.91 Å². The fraction of sp³-hybridized carbons (Fsp3) is 0.111. The summed E-state index contributed by atoms with van der Waals surface area (Å²) in [6, 6.07) is 13.8. The van der Waals surface area contributed by atoms with Gasteiger partial charge in [0.05, 0.1) is 11.7 Å². The first-order valence-corrected chi connectivity index (χ1v) is 7.35. The molecular weight excluding hydrogens is 293 g/mol. The van der Waals surface area contributed by atoms with Crippen molar-refractivity contribution in [3.05, 3.63) is 76.7 Å². The van der Waals surface area contributed by atoms with Crippen LogP contribution in [0, 0.1) is 12.7 Å². The Labute approximate surface area is 132 Å². The first kappa shape index (κ1) is 13.7. The highest BCUT2D eigenvalue weighted by Gasteiger charge is 2.35. The van der Waals surface area contributed by atoms with E-state index in [-0.39, 0.29) is 17.8 Å². The average molecular weight is 307 g/mol. The third-order valence-corrected chi connectivity index (χ3v) is 4.12. The zero-order valence-corrected chi connectivity index (χ0v) is 12.4. The summed E-state index contributed by atoms with van der Waals surface area (Å²) in [5.74, 6) is -0.496. The van der Waals surface area contributed by atoms with Gasteiger partial charge in [-0.05, 0) is 24.6 Å². The van der Waals surface area contributed by atoms with Gasteiger partial charge in [0.1, 0.15) is 11.5 Å². The summed E-state index contributed by atoms with van der Waals surface area (Å²) >= 11 is 0. The van der Waals surface area contributed by atoms with Crippen LogP contribution in [-0.4, -0.2) is 16.1 Å². The summed E-state index contributed by atoms with van der Waals surface area (Å²) in [5.41, 5.74) is 4.95. The molecule has 3 aromatic rings. The van der Waals surface area contributed by atoms with E-state index >= 15 is 0 Å². The van der Waals surface area contributed by atoms with Crippen LogP contribution in [0.15, 0.2) is 48.5 Å². The van der Waals surface area contributed by atoms with Gasteiger partial charge in [-0.2, -0.15) is 5.10 Å². The summed E-state index contributed by atoms with van der Waals surface area (Å²) in [6.07, 6.45) is 0. The fourth-order valence-electron chi connectivity index (χ4n) is 2.92. The zero-order valence-electron chi connectivity index (χ0n) is 12.4. The quantitative estimate of drug-likeness (QED) is 0.763. The number of carbonyl (C=O) groups excluding carboxylic acids is 1. The number of H-pyrrole nitrogens is 1. The number of amides is 1. The van der Waals surface area contributed by atoms with E-state index in [1.807, 2.05) is 31.2 Å². The Balaban J connectivity index is 1.84. The topological polar surface area (TPSA) is 57.8 Å². The van der Waals surface area contributed by atoms with Crippen molar-refractivity contribution in [3.63, 3.8) is 0 Å². The lowest BCUT2D eigenvalue weighted by Crippen LogP contribution is -2.21. The maximum Gasteiger partial charge on any atom is 0.270 e. The standard InChI is InChI=1S/C18H14FN3O/c1-10-2-4-12(5-3-10)16-14-15(11-6-8-13(19)9-7-11)20-18(23)17(14)22-21-16/h2-9,15H,1H3,(H,20,23)(H,21,22). The van der Waals surface area contributed by atoms with Crippen molar-refractivity contribution in [2.24, 2.45) is 0 Å². The van der Waals surface area contributed by atoms with Crippen LogP contribution in [0.1, 0.15) is 33.2 Å². The van der Waals surface area contributed by atoms with Crippen LogP contribution in [0.2, 0.25) is 0 Å². The lowest BCUT2D eigenvalue weighted by Gasteiger charge is -2.13. The number of hydrogen-bond acceptors (Lipinski definition) is 2. The number of nitrogens with one attached hydrogen (secondary N) is 2. The smallest absolute Gasteiger partial charge is 0.270 e. The van der Waals surface area contributed by atoms with E-state index in [0.717, 1.165) is 27.9 Å². The van der Waals surface area contributed by atoms with Gasteiger partial charge in [-0.3, -0.25) is 9.89 Å². The molecular formula is C18H14FN3O. The van der Waals surface area contributed by atoms with Gasteiger partial charge in [0.2, 0.25) is 0 Å². The van der Waals surface area contributed by atoms with Gasteiger partial charge in [0.15, 0.2) is 0 Å². The second kappa shape index (κ2) is 5.05. The Hall–Kier alpha value is -2.95. The molecule has 0 spiro atoms. The average Bonchev–Trinajstić information content (AvgIpc) is 3.11. The Kier molecular flexibility index (Phi) is 3.01. The number of aromatic nitrogens is 2. The fourth-order valence-corrected chi connectivity index (χ4v) is 2.92. The molecule has 2 aromatic carbocycles. The number of rotatable bonds is 2. The van der Waals surface area contributed by atoms with Gasteiger partial charge in [0, 0.05) is 11.1 Å². The largest absolute Gasteiger partial charge is 0.340 e. The van der Waals surface area contributed by atoms with Crippen LogP contribution >= 0.6 is 0 Å². The Bertz CT molecular complexity index is 882. The van der Waals surface area contributed by atoms with Crippen LogP contribution < -0.4 is 5.32 Å². The molecule has 2 N–H and O–H groups in total. The summed E-state index contributed by atoms with van der Waals surface area (Å²) in [6.45, 7) is 2.02. The van der Waals surface area contributed by atoms with E-state index in [1.54, 1.807) is 12.1 Å². The predicted octanol–water partition coefficient (Wildman–Crippen LogP) is 3.36. The van der Waals surface area contributed by atoms with Crippen LogP contribution in [-0.2, 0) is 0 Å². The van der Waals surface area contributed by atoms with Gasteiger partial charge >= 0.3 is 0 Å². The van der Waals surface area contributed by atoms with E-state index < -0.39 is 0 Å². The van der Waals surface area contributed by atoms with Crippen LogP contribution in [0.4, 0.5) is 4.39 Å². The molecule has 1 aliphatic heterocycles. The summed E-state index contributed by atoms with van der Waals surface area (Å²) < 4.78 is 13.2. The number of halogens is 1. The molecule has 0 bridgehead atoms. The van der Waals surface area contributed by atoms with Crippen molar-refractivity contribution in [3.8, 4) is 11.3 Å². The maximum atomic E-state index is 13.2. The minimum atomic E-state index is -0.326. The van der Waals surface area contributed by atoms with E-state index in [4.69, 9.17) is 0 Å². The molecule has 23 heavy (non-hydrogen) atoms. The Morgan fingerprint density at radius 2 is 1.74 bits per heavy atom. The van der Waals surface area contributed by atoms with Crippen LogP contribution in [0.25, 0.3) is 11.3 Å². The molecule has 1 atom stereocenters. The number of benzene rings is 2. The molecule has 0 aliphatic carbocycles. The lowest BCUT2D eigenvalue weighted by molar-refractivity contribution is 0.0955.